The van der Waals surface area contributed by atoms with Crippen molar-refractivity contribution in [2.45, 2.75) is 13.5 Å². The standard InChI is InChI=1S/C12H12FN3/c1-8-9(2)15-16(12(8)14)7-10-5-3-4-6-11(10)13/h3-6,14H,1,7H2,2H3. The van der Waals surface area contributed by atoms with Crippen molar-refractivity contribution in [2.75, 3.05) is 0 Å². The summed E-state index contributed by atoms with van der Waals surface area (Å²) in [6, 6.07) is 6.50. The van der Waals surface area contributed by atoms with Crippen molar-refractivity contribution in [2.24, 2.45) is 5.10 Å². The fraction of sp³-hybridized carbons (Fsp3) is 0.167. The van der Waals surface area contributed by atoms with Gasteiger partial charge >= 0.3 is 0 Å². The number of nitrogens with zero attached hydrogens (tertiary/aromatic N) is 2. The van der Waals surface area contributed by atoms with Crippen molar-refractivity contribution in [3.63, 3.8) is 0 Å². The molecule has 0 unspecified atom stereocenters. The molecule has 4 heteroatoms. The molecule has 3 nitrogen and oxygen atoms in total. The van der Waals surface area contributed by atoms with Crippen molar-refractivity contribution >= 4 is 11.5 Å². The van der Waals surface area contributed by atoms with Crippen LogP contribution in [0.1, 0.15) is 12.5 Å². The molecule has 0 aromatic heterocycles. The van der Waals surface area contributed by atoms with Gasteiger partial charge < -0.3 is 0 Å². The quantitative estimate of drug-likeness (QED) is 0.812. The van der Waals surface area contributed by atoms with Crippen molar-refractivity contribution in [1.82, 2.24) is 5.01 Å². The Bertz CT molecular complexity index is 491. The maximum Gasteiger partial charge on any atom is 0.150 e. The molecular formula is C12H12FN3. The smallest absolute Gasteiger partial charge is 0.150 e. The Balaban J connectivity index is 2.21. The van der Waals surface area contributed by atoms with Crippen LogP contribution in [0.15, 0.2) is 41.5 Å². The number of hydrogen-bond acceptors (Lipinski definition) is 2. The average Bonchev–Trinajstić information content (AvgIpc) is 2.50. The van der Waals surface area contributed by atoms with Crippen LogP contribution in [0, 0.1) is 11.2 Å². The highest BCUT2D eigenvalue weighted by Crippen LogP contribution is 2.18. The normalized spacial score (nSPS) is 15.6. The summed E-state index contributed by atoms with van der Waals surface area (Å²) in [6.07, 6.45) is 0. The van der Waals surface area contributed by atoms with Crippen LogP contribution in [-0.2, 0) is 6.54 Å². The van der Waals surface area contributed by atoms with Crippen molar-refractivity contribution < 1.29 is 4.39 Å². The summed E-state index contributed by atoms with van der Waals surface area (Å²) < 4.78 is 13.4. The highest BCUT2D eigenvalue weighted by atomic mass is 19.1. The Labute approximate surface area is 93.4 Å². The van der Waals surface area contributed by atoms with Gasteiger partial charge in [0.2, 0.25) is 0 Å². The molecule has 1 aromatic carbocycles. The van der Waals surface area contributed by atoms with Gasteiger partial charge in [-0.2, -0.15) is 5.10 Å². The summed E-state index contributed by atoms with van der Waals surface area (Å²) in [5.41, 5.74) is 1.83. The molecule has 0 saturated heterocycles. The summed E-state index contributed by atoms with van der Waals surface area (Å²) in [4.78, 5) is 0. The molecule has 0 saturated carbocycles. The fourth-order valence-electron chi connectivity index (χ4n) is 1.52. The van der Waals surface area contributed by atoms with E-state index in [4.69, 9.17) is 5.41 Å². The van der Waals surface area contributed by atoms with Crippen LogP contribution < -0.4 is 0 Å². The lowest BCUT2D eigenvalue weighted by atomic mass is 10.2. The summed E-state index contributed by atoms with van der Waals surface area (Å²) >= 11 is 0. The number of amidine groups is 1. The van der Waals surface area contributed by atoms with Crippen LogP contribution in [-0.4, -0.2) is 16.6 Å². The number of nitrogens with one attached hydrogen (secondary N) is 1. The maximum atomic E-state index is 13.4. The van der Waals surface area contributed by atoms with E-state index in [2.05, 4.69) is 11.7 Å². The lowest BCUT2D eigenvalue weighted by Crippen LogP contribution is -2.21. The lowest BCUT2D eigenvalue weighted by molar-refractivity contribution is 0.434. The van der Waals surface area contributed by atoms with Gasteiger partial charge in [-0.25, -0.2) is 9.40 Å². The number of halogens is 1. The monoisotopic (exact) mass is 217 g/mol. The zero-order valence-electron chi connectivity index (χ0n) is 9.00. The first-order valence-corrected chi connectivity index (χ1v) is 4.94. The van der Waals surface area contributed by atoms with Gasteiger partial charge in [0.1, 0.15) is 11.7 Å². The molecule has 1 aliphatic heterocycles. The Morgan fingerprint density at radius 1 is 1.44 bits per heavy atom. The van der Waals surface area contributed by atoms with Crippen LogP contribution in [0.2, 0.25) is 0 Å². The van der Waals surface area contributed by atoms with Gasteiger partial charge in [0.15, 0.2) is 0 Å². The van der Waals surface area contributed by atoms with E-state index in [-0.39, 0.29) is 18.2 Å². The lowest BCUT2D eigenvalue weighted by Gasteiger charge is -2.14. The van der Waals surface area contributed by atoms with Gasteiger partial charge in [0, 0.05) is 11.1 Å². The topological polar surface area (TPSA) is 39.5 Å². The van der Waals surface area contributed by atoms with E-state index >= 15 is 0 Å². The Morgan fingerprint density at radius 2 is 2.12 bits per heavy atom. The van der Waals surface area contributed by atoms with Gasteiger partial charge in [-0.1, -0.05) is 24.8 Å². The minimum Gasteiger partial charge on any atom is -0.283 e. The van der Waals surface area contributed by atoms with E-state index in [0.29, 0.717) is 16.8 Å². The zero-order valence-corrected chi connectivity index (χ0v) is 9.00. The van der Waals surface area contributed by atoms with Gasteiger partial charge in [-0.05, 0) is 13.0 Å². The van der Waals surface area contributed by atoms with E-state index in [1.54, 1.807) is 25.1 Å². The van der Waals surface area contributed by atoms with E-state index in [1.165, 1.54) is 11.1 Å². The average molecular weight is 217 g/mol. The van der Waals surface area contributed by atoms with Crippen LogP contribution in [0.3, 0.4) is 0 Å². The molecule has 0 atom stereocenters. The number of rotatable bonds is 2. The van der Waals surface area contributed by atoms with Crippen LogP contribution in [0.5, 0.6) is 0 Å². The SMILES string of the molecule is C=C1C(=N)N(Cc2ccccc2F)N=C1C. The number of hydrogen-bond donors (Lipinski definition) is 1. The van der Waals surface area contributed by atoms with Crippen molar-refractivity contribution in [3.05, 3.63) is 47.8 Å². The van der Waals surface area contributed by atoms with Gasteiger partial charge in [0.25, 0.3) is 0 Å². The molecule has 1 aromatic rings. The fourth-order valence-corrected chi connectivity index (χ4v) is 1.52. The molecule has 1 N–H and O–H groups in total. The largest absolute Gasteiger partial charge is 0.283 e. The second kappa shape index (κ2) is 3.89. The third kappa shape index (κ3) is 1.74. The predicted molar refractivity (Wildman–Crippen MR) is 61.9 cm³/mol. The van der Waals surface area contributed by atoms with Crippen molar-refractivity contribution in [1.29, 1.82) is 5.41 Å². The van der Waals surface area contributed by atoms with Crippen LogP contribution in [0.25, 0.3) is 0 Å². The van der Waals surface area contributed by atoms with E-state index in [0.717, 1.165) is 0 Å². The first-order valence-electron chi connectivity index (χ1n) is 4.94. The molecule has 1 heterocycles. The minimum atomic E-state index is -0.277. The first kappa shape index (κ1) is 10.5. The Kier molecular flexibility index (Phi) is 2.56. The molecule has 16 heavy (non-hydrogen) atoms. The summed E-state index contributed by atoms with van der Waals surface area (Å²) in [7, 11) is 0. The Morgan fingerprint density at radius 3 is 2.69 bits per heavy atom. The second-order valence-corrected chi connectivity index (χ2v) is 3.66. The minimum absolute atomic E-state index is 0.237. The molecule has 0 fully saturated rings. The van der Waals surface area contributed by atoms with Crippen molar-refractivity contribution in [3.8, 4) is 0 Å². The predicted octanol–water partition coefficient (Wildman–Crippen LogP) is 2.55. The molecule has 1 aliphatic rings. The molecule has 2 rings (SSSR count). The Hall–Kier alpha value is -1.97. The highest BCUT2D eigenvalue weighted by molar-refractivity contribution is 6.24. The highest BCUT2D eigenvalue weighted by Gasteiger charge is 2.22. The molecule has 0 spiro atoms. The molecule has 0 radical (unpaired) electrons. The second-order valence-electron chi connectivity index (χ2n) is 3.66. The maximum absolute atomic E-state index is 13.4. The molecule has 82 valence electrons. The molecular weight excluding hydrogens is 205 g/mol. The van der Waals surface area contributed by atoms with Crippen LogP contribution >= 0.6 is 0 Å². The van der Waals surface area contributed by atoms with Gasteiger partial charge in [-0.3, -0.25) is 5.41 Å². The third-order valence-corrected chi connectivity index (χ3v) is 2.53. The molecule has 0 amide bonds. The summed E-state index contributed by atoms with van der Waals surface area (Å²) in [5.74, 6) is -0.0404. The molecule has 0 aliphatic carbocycles. The number of hydrazone groups is 1. The third-order valence-electron chi connectivity index (χ3n) is 2.53. The van der Waals surface area contributed by atoms with Crippen LogP contribution in [0.4, 0.5) is 4.39 Å². The zero-order chi connectivity index (χ0) is 11.7. The summed E-state index contributed by atoms with van der Waals surface area (Å²) in [5, 5.41) is 13.4. The molecule has 0 bridgehead atoms. The number of benzene rings is 1. The van der Waals surface area contributed by atoms with Gasteiger partial charge in [0.05, 0.1) is 12.3 Å². The van der Waals surface area contributed by atoms with E-state index < -0.39 is 0 Å². The van der Waals surface area contributed by atoms with E-state index in [9.17, 15) is 4.39 Å². The first-order chi connectivity index (χ1) is 7.59. The van der Waals surface area contributed by atoms with E-state index in [1.807, 2.05) is 0 Å². The van der Waals surface area contributed by atoms with Gasteiger partial charge in [-0.15, -0.1) is 0 Å². The summed E-state index contributed by atoms with van der Waals surface area (Å²) in [6.45, 7) is 5.80.